The van der Waals surface area contributed by atoms with Crippen molar-refractivity contribution in [1.82, 2.24) is 45.0 Å². The third kappa shape index (κ3) is 8.14. The van der Waals surface area contributed by atoms with E-state index in [0.29, 0.717) is 41.0 Å². The number of piperazine rings is 1. The third-order valence-electron chi connectivity index (χ3n) is 10.0. The summed E-state index contributed by atoms with van der Waals surface area (Å²) in [6.45, 7) is 20.5. The lowest BCUT2D eigenvalue weighted by Gasteiger charge is -2.43. The SMILES string of the molecule is CN1CCN(C(C)(C)CNC(=O)c2nc(NC(=O)N[C@@]3(C=O)C=C[C@@H](Oc4ccc5nnc(C(C)(C)C)n5c4)c4ccccc43)cc(C(C)(C)C)n2)CC1. The molecule has 4 aromatic rings. The number of carbonyl (C=O) groups excluding carboxylic acids is 3. The van der Waals surface area contributed by atoms with Gasteiger partial charge in [0.05, 0.1) is 11.9 Å². The van der Waals surface area contributed by atoms with Crippen molar-refractivity contribution < 1.29 is 19.1 Å². The van der Waals surface area contributed by atoms with Gasteiger partial charge in [0.1, 0.15) is 29.0 Å². The molecule has 2 atom stereocenters. The number of ether oxygens (including phenoxy) is 1. The van der Waals surface area contributed by atoms with Crippen LogP contribution in [0, 0.1) is 0 Å². The number of pyridine rings is 1. The second-order valence-electron chi connectivity index (χ2n) is 16.9. The molecule has 1 aliphatic heterocycles. The first-order valence-corrected chi connectivity index (χ1v) is 18.4. The molecule has 54 heavy (non-hydrogen) atoms. The molecule has 14 nitrogen and oxygen atoms in total. The Morgan fingerprint density at radius 2 is 1.67 bits per heavy atom. The Bertz CT molecular complexity index is 2070. The van der Waals surface area contributed by atoms with Crippen molar-refractivity contribution in [2.45, 2.75) is 83.4 Å². The molecule has 6 rings (SSSR count). The summed E-state index contributed by atoms with van der Waals surface area (Å²) in [6, 6.07) is 12.0. The number of carbonyl (C=O) groups is 3. The Hall–Kier alpha value is -5.21. The highest BCUT2D eigenvalue weighted by molar-refractivity contribution is 5.94. The minimum absolute atomic E-state index is 0.0563. The van der Waals surface area contributed by atoms with Crippen LogP contribution in [-0.2, 0) is 21.2 Å². The third-order valence-corrected chi connectivity index (χ3v) is 10.0. The number of rotatable bonds is 9. The van der Waals surface area contributed by atoms with E-state index in [1.165, 1.54) is 0 Å². The predicted molar refractivity (Wildman–Crippen MR) is 207 cm³/mol. The monoisotopic (exact) mass is 736 g/mol. The number of aldehydes is 1. The van der Waals surface area contributed by atoms with E-state index in [1.807, 2.05) is 61.7 Å². The maximum atomic E-state index is 13.7. The Labute approximate surface area is 316 Å². The fourth-order valence-corrected chi connectivity index (χ4v) is 6.73. The molecule has 3 N–H and O–H groups in total. The van der Waals surface area contributed by atoms with Crippen LogP contribution in [0.25, 0.3) is 5.65 Å². The van der Waals surface area contributed by atoms with Gasteiger partial charge in [0.25, 0.3) is 5.91 Å². The van der Waals surface area contributed by atoms with Crippen molar-refractivity contribution in [2.75, 3.05) is 45.1 Å². The van der Waals surface area contributed by atoms with Crippen molar-refractivity contribution in [3.8, 4) is 5.75 Å². The zero-order chi connectivity index (χ0) is 39.1. The molecule has 0 radical (unpaired) electrons. The number of hydrogen-bond acceptors (Lipinski definition) is 10. The number of aromatic nitrogens is 5. The van der Waals surface area contributed by atoms with Gasteiger partial charge in [-0.2, -0.15) is 0 Å². The van der Waals surface area contributed by atoms with Gasteiger partial charge in [-0.1, -0.05) is 65.8 Å². The molecule has 0 unspecified atom stereocenters. The molecular formula is C40H52N10O4. The molecule has 1 saturated heterocycles. The van der Waals surface area contributed by atoms with Gasteiger partial charge in [-0.3, -0.25) is 24.2 Å². The van der Waals surface area contributed by atoms with Crippen LogP contribution in [0.1, 0.15) is 94.8 Å². The topological polar surface area (TPSA) is 159 Å². The number of amides is 3. The van der Waals surface area contributed by atoms with E-state index in [9.17, 15) is 14.4 Å². The zero-order valence-electron chi connectivity index (χ0n) is 32.7. The van der Waals surface area contributed by atoms with E-state index >= 15 is 0 Å². The number of likely N-dealkylation sites (N-methyl/N-ethyl adjacent to an activating group) is 1. The number of nitrogens with one attached hydrogen (secondary N) is 3. The molecule has 3 amide bonds. The molecule has 1 fully saturated rings. The molecule has 1 aliphatic carbocycles. The van der Waals surface area contributed by atoms with Gasteiger partial charge in [-0.05, 0) is 50.7 Å². The van der Waals surface area contributed by atoms with Crippen molar-refractivity contribution >= 4 is 29.7 Å². The van der Waals surface area contributed by atoms with Crippen LogP contribution in [0.15, 0.2) is 60.8 Å². The van der Waals surface area contributed by atoms with E-state index in [2.05, 4.69) is 87.6 Å². The predicted octanol–water partition coefficient (Wildman–Crippen LogP) is 4.78. The minimum Gasteiger partial charge on any atom is -0.480 e. The van der Waals surface area contributed by atoms with Gasteiger partial charge in [-0.25, -0.2) is 14.8 Å². The second kappa shape index (κ2) is 14.6. The van der Waals surface area contributed by atoms with E-state index < -0.39 is 29.0 Å². The molecule has 0 spiro atoms. The highest BCUT2D eigenvalue weighted by Gasteiger charge is 2.39. The summed E-state index contributed by atoms with van der Waals surface area (Å²) in [6.07, 6.45) is 5.39. The second-order valence-corrected chi connectivity index (χ2v) is 16.9. The molecule has 0 bridgehead atoms. The van der Waals surface area contributed by atoms with Crippen molar-refractivity contribution in [2.24, 2.45) is 0 Å². The van der Waals surface area contributed by atoms with Gasteiger partial charge in [0.2, 0.25) is 5.82 Å². The van der Waals surface area contributed by atoms with Gasteiger partial charge < -0.3 is 20.3 Å². The van der Waals surface area contributed by atoms with Gasteiger partial charge >= 0.3 is 6.03 Å². The molecule has 1 aromatic carbocycles. The summed E-state index contributed by atoms with van der Waals surface area (Å²) >= 11 is 0. The van der Waals surface area contributed by atoms with Crippen molar-refractivity contribution in [1.29, 1.82) is 0 Å². The smallest absolute Gasteiger partial charge is 0.321 e. The van der Waals surface area contributed by atoms with Crippen LogP contribution in [0.4, 0.5) is 10.6 Å². The summed E-state index contributed by atoms with van der Waals surface area (Å²) < 4.78 is 8.37. The number of hydrogen-bond donors (Lipinski definition) is 3. The van der Waals surface area contributed by atoms with Crippen molar-refractivity contribution in [3.05, 3.63) is 89.3 Å². The summed E-state index contributed by atoms with van der Waals surface area (Å²) in [7, 11) is 2.11. The molecular weight excluding hydrogens is 685 g/mol. The average molecular weight is 737 g/mol. The number of benzene rings is 1. The summed E-state index contributed by atoms with van der Waals surface area (Å²) in [5.41, 5.74) is 0.0708. The van der Waals surface area contributed by atoms with Gasteiger partial charge in [0.15, 0.2) is 11.9 Å². The van der Waals surface area contributed by atoms with Crippen molar-refractivity contribution in [3.63, 3.8) is 0 Å². The van der Waals surface area contributed by atoms with E-state index in [0.717, 1.165) is 32.0 Å². The minimum atomic E-state index is -1.51. The lowest BCUT2D eigenvalue weighted by atomic mass is 9.81. The molecule has 14 heteroatoms. The average Bonchev–Trinajstić information content (AvgIpc) is 3.56. The molecule has 2 aliphatic rings. The van der Waals surface area contributed by atoms with Crippen LogP contribution in [-0.4, -0.2) is 97.9 Å². The fraction of sp³-hybridized carbons (Fsp3) is 0.475. The Balaban J connectivity index is 1.20. The van der Waals surface area contributed by atoms with E-state index in [1.54, 1.807) is 24.3 Å². The fourth-order valence-electron chi connectivity index (χ4n) is 6.73. The standard InChI is InChI=1S/C40H52N10O4/c1-37(2,3)30-22-31(43-33(42-30)34(52)41-24-39(7,8)49-20-18-48(9)19-21-49)44-36(53)45-40(25-51)17-16-29(27-12-10-11-13-28(27)40)54-26-14-15-32-46-47-35(38(4,5)6)50(32)23-26/h10-17,22-23,25,29H,18-21,24H2,1-9H3,(H,41,52)(H2,42,43,44,45,53)/t29-,40-/m1/s1. The zero-order valence-corrected chi connectivity index (χ0v) is 32.7. The molecule has 4 heterocycles. The molecule has 286 valence electrons. The van der Waals surface area contributed by atoms with Crippen LogP contribution in [0.5, 0.6) is 5.75 Å². The highest BCUT2D eigenvalue weighted by atomic mass is 16.5. The summed E-state index contributed by atoms with van der Waals surface area (Å²) in [4.78, 5) is 53.8. The first-order valence-electron chi connectivity index (χ1n) is 18.4. The quantitative estimate of drug-likeness (QED) is 0.161. The Morgan fingerprint density at radius 1 is 0.944 bits per heavy atom. The largest absolute Gasteiger partial charge is 0.480 e. The highest BCUT2D eigenvalue weighted by Crippen LogP contribution is 2.37. The number of nitrogens with zero attached hydrogens (tertiary/aromatic N) is 7. The number of fused-ring (bicyclic) bond motifs is 2. The first kappa shape index (κ1) is 38.5. The van der Waals surface area contributed by atoms with E-state index in [4.69, 9.17) is 4.74 Å². The number of urea groups is 1. The number of anilines is 1. The van der Waals surface area contributed by atoms with Crippen LogP contribution in [0.2, 0.25) is 0 Å². The van der Waals surface area contributed by atoms with Crippen LogP contribution < -0.4 is 20.7 Å². The van der Waals surface area contributed by atoms with E-state index in [-0.39, 0.29) is 22.6 Å². The lowest BCUT2D eigenvalue weighted by molar-refractivity contribution is -0.111. The van der Waals surface area contributed by atoms with Gasteiger partial charge in [-0.15, -0.1) is 10.2 Å². The normalized spacial score (nSPS) is 19.6. The Morgan fingerprint density at radius 3 is 2.35 bits per heavy atom. The maximum absolute atomic E-state index is 13.7. The summed E-state index contributed by atoms with van der Waals surface area (Å²) in [5.74, 6) is 1.02. The molecule has 0 saturated carbocycles. The molecule has 3 aromatic heterocycles. The summed E-state index contributed by atoms with van der Waals surface area (Å²) in [5, 5.41) is 17.3. The Kier molecular flexibility index (Phi) is 10.4. The van der Waals surface area contributed by atoms with Crippen LogP contribution in [0.3, 0.4) is 0 Å². The lowest BCUT2D eigenvalue weighted by Crippen LogP contribution is -2.57. The maximum Gasteiger partial charge on any atom is 0.321 e. The first-order chi connectivity index (χ1) is 25.4. The van der Waals surface area contributed by atoms with Gasteiger partial charge in [0, 0.05) is 60.7 Å². The van der Waals surface area contributed by atoms with Crippen LogP contribution >= 0.6 is 0 Å².